The van der Waals surface area contributed by atoms with Crippen molar-refractivity contribution in [2.75, 3.05) is 0 Å². The van der Waals surface area contributed by atoms with Crippen molar-refractivity contribution in [2.45, 2.75) is 20.4 Å². The first kappa shape index (κ1) is 19.5. The van der Waals surface area contributed by atoms with Gasteiger partial charge < -0.3 is 10.3 Å². The third-order valence-electron chi connectivity index (χ3n) is 4.80. The van der Waals surface area contributed by atoms with E-state index in [0.29, 0.717) is 22.3 Å². The summed E-state index contributed by atoms with van der Waals surface area (Å²) in [5.41, 5.74) is 6.04. The van der Waals surface area contributed by atoms with Gasteiger partial charge in [0.2, 0.25) is 0 Å². The van der Waals surface area contributed by atoms with Crippen LogP contribution in [0.4, 0.5) is 0 Å². The van der Waals surface area contributed by atoms with Gasteiger partial charge >= 0.3 is 0 Å². The third-order valence-corrected chi connectivity index (χ3v) is 5.33. The number of aromatic amines is 1. The Morgan fingerprint density at radius 3 is 2.66 bits per heavy atom. The Morgan fingerprint density at radius 1 is 1.17 bits per heavy atom. The zero-order valence-electron chi connectivity index (χ0n) is 16.2. The van der Waals surface area contributed by atoms with E-state index in [9.17, 15) is 4.79 Å². The first-order valence-corrected chi connectivity index (χ1v) is 9.79. The minimum absolute atomic E-state index is 0.236. The Labute approximate surface area is 177 Å². The number of fused-ring (bicyclic) bond motifs is 1. The number of H-pyrrole nitrogens is 1. The molecule has 3 heterocycles. The highest BCUT2D eigenvalue weighted by molar-refractivity contribution is 6.38. The average molecular weight is 428 g/mol. The maximum absolute atomic E-state index is 12.5. The van der Waals surface area contributed by atoms with E-state index in [0.717, 1.165) is 39.0 Å². The van der Waals surface area contributed by atoms with E-state index < -0.39 is 0 Å². The Balaban J connectivity index is 1.50. The second kappa shape index (κ2) is 7.54. The molecule has 0 fully saturated rings. The number of hydrogen-bond donors (Lipinski definition) is 2. The SMILES string of the molecule is Cc1cc(CNC(=O)c2cc3c(Cl)cc(Cl)cc3[nH]2)ncc1-c1cn(C)nc1C. The summed E-state index contributed by atoms with van der Waals surface area (Å²) in [6.07, 6.45) is 3.81. The summed E-state index contributed by atoms with van der Waals surface area (Å²) >= 11 is 12.2. The number of halogens is 2. The molecule has 0 saturated heterocycles. The van der Waals surface area contributed by atoms with Crippen LogP contribution in [0.15, 0.2) is 36.7 Å². The standard InChI is InChI=1S/C21H19Cl2N5O/c1-11-4-14(24-9-16(11)17-10-28(3)27-12(17)2)8-25-21(29)20-7-15-18(23)5-13(22)6-19(15)26-20/h4-7,9-10,26H,8H2,1-3H3,(H,25,29). The van der Waals surface area contributed by atoms with Crippen LogP contribution >= 0.6 is 23.2 Å². The van der Waals surface area contributed by atoms with Crippen molar-refractivity contribution in [1.29, 1.82) is 0 Å². The van der Waals surface area contributed by atoms with E-state index in [1.165, 1.54) is 0 Å². The molecular formula is C21H19Cl2N5O. The van der Waals surface area contributed by atoms with Crippen molar-refractivity contribution in [3.8, 4) is 11.1 Å². The van der Waals surface area contributed by atoms with Gasteiger partial charge in [-0.1, -0.05) is 23.2 Å². The van der Waals surface area contributed by atoms with Crippen LogP contribution in [0, 0.1) is 13.8 Å². The molecule has 0 aliphatic carbocycles. The molecule has 0 saturated carbocycles. The molecule has 0 unspecified atom stereocenters. The summed E-state index contributed by atoms with van der Waals surface area (Å²) in [7, 11) is 1.90. The monoisotopic (exact) mass is 427 g/mol. The smallest absolute Gasteiger partial charge is 0.268 e. The van der Waals surface area contributed by atoms with E-state index in [1.54, 1.807) is 22.9 Å². The number of carbonyl (C=O) groups is 1. The number of aromatic nitrogens is 4. The molecule has 29 heavy (non-hydrogen) atoms. The molecule has 6 nitrogen and oxygen atoms in total. The van der Waals surface area contributed by atoms with Gasteiger partial charge in [0.1, 0.15) is 5.69 Å². The highest BCUT2D eigenvalue weighted by Gasteiger charge is 2.14. The first-order valence-electron chi connectivity index (χ1n) is 9.04. The van der Waals surface area contributed by atoms with Crippen LogP contribution in [-0.2, 0) is 13.6 Å². The van der Waals surface area contributed by atoms with Gasteiger partial charge in [0.05, 0.1) is 23.0 Å². The van der Waals surface area contributed by atoms with Crippen LogP contribution < -0.4 is 5.32 Å². The Bertz CT molecular complexity index is 1240. The number of benzene rings is 1. The molecule has 0 atom stereocenters. The second-order valence-electron chi connectivity index (χ2n) is 7.01. The van der Waals surface area contributed by atoms with Gasteiger partial charge in [-0.3, -0.25) is 14.5 Å². The maximum atomic E-state index is 12.5. The van der Waals surface area contributed by atoms with Crippen LogP contribution in [0.3, 0.4) is 0 Å². The molecule has 1 aromatic carbocycles. The van der Waals surface area contributed by atoms with Crippen LogP contribution in [0.2, 0.25) is 10.0 Å². The summed E-state index contributed by atoms with van der Waals surface area (Å²) in [4.78, 5) is 20.1. The van der Waals surface area contributed by atoms with E-state index >= 15 is 0 Å². The molecular weight excluding hydrogens is 409 g/mol. The normalized spacial score (nSPS) is 11.2. The molecule has 148 valence electrons. The largest absolute Gasteiger partial charge is 0.350 e. The minimum atomic E-state index is -0.236. The number of pyridine rings is 1. The fourth-order valence-corrected chi connectivity index (χ4v) is 3.95. The summed E-state index contributed by atoms with van der Waals surface area (Å²) in [6.45, 7) is 4.32. The highest BCUT2D eigenvalue weighted by Crippen LogP contribution is 2.28. The van der Waals surface area contributed by atoms with Crippen molar-refractivity contribution in [3.05, 3.63) is 69.3 Å². The van der Waals surface area contributed by atoms with E-state index in [2.05, 4.69) is 20.4 Å². The van der Waals surface area contributed by atoms with Crippen molar-refractivity contribution in [2.24, 2.45) is 7.05 Å². The molecule has 0 spiro atoms. The molecule has 2 N–H and O–H groups in total. The lowest BCUT2D eigenvalue weighted by Crippen LogP contribution is -2.23. The van der Waals surface area contributed by atoms with Crippen LogP contribution in [0.1, 0.15) is 27.4 Å². The van der Waals surface area contributed by atoms with E-state index in [-0.39, 0.29) is 5.91 Å². The summed E-state index contributed by atoms with van der Waals surface area (Å²) in [6, 6.07) is 7.09. The first-order chi connectivity index (χ1) is 13.8. The quantitative estimate of drug-likeness (QED) is 0.490. The fourth-order valence-electron chi connectivity index (χ4n) is 3.41. The molecule has 3 aromatic heterocycles. The number of amides is 1. The highest BCUT2D eigenvalue weighted by atomic mass is 35.5. The number of aryl methyl sites for hydroxylation is 3. The molecule has 4 rings (SSSR count). The molecule has 1 amide bonds. The van der Waals surface area contributed by atoms with Crippen LogP contribution in [-0.4, -0.2) is 25.7 Å². The van der Waals surface area contributed by atoms with Gasteiger partial charge in [0, 0.05) is 46.5 Å². The van der Waals surface area contributed by atoms with Gasteiger partial charge in [-0.15, -0.1) is 0 Å². The number of carbonyl (C=O) groups excluding carboxylic acids is 1. The van der Waals surface area contributed by atoms with E-state index in [4.69, 9.17) is 23.2 Å². The average Bonchev–Trinajstić information content (AvgIpc) is 3.23. The topological polar surface area (TPSA) is 75.6 Å². The lowest BCUT2D eigenvalue weighted by Gasteiger charge is -2.08. The molecule has 8 heteroatoms. The van der Waals surface area contributed by atoms with Gasteiger partial charge in [-0.2, -0.15) is 5.10 Å². The summed E-state index contributed by atoms with van der Waals surface area (Å²) in [5.74, 6) is -0.236. The number of hydrogen-bond acceptors (Lipinski definition) is 3. The molecule has 0 aliphatic rings. The minimum Gasteiger partial charge on any atom is -0.350 e. The van der Waals surface area contributed by atoms with Gasteiger partial charge in [0.15, 0.2) is 0 Å². The predicted molar refractivity (Wildman–Crippen MR) is 115 cm³/mol. The summed E-state index contributed by atoms with van der Waals surface area (Å²) < 4.78 is 1.79. The van der Waals surface area contributed by atoms with Gasteiger partial charge in [0.25, 0.3) is 5.91 Å². The summed E-state index contributed by atoms with van der Waals surface area (Å²) in [5, 5.41) is 9.04. The van der Waals surface area contributed by atoms with Crippen molar-refractivity contribution < 1.29 is 4.79 Å². The third kappa shape index (κ3) is 3.86. The van der Waals surface area contributed by atoms with Crippen molar-refractivity contribution in [3.63, 3.8) is 0 Å². The molecule has 0 aliphatic heterocycles. The van der Waals surface area contributed by atoms with Crippen LogP contribution in [0.5, 0.6) is 0 Å². The van der Waals surface area contributed by atoms with Crippen molar-refractivity contribution >= 4 is 40.0 Å². The number of nitrogens with one attached hydrogen (secondary N) is 2. The molecule has 0 bridgehead atoms. The zero-order valence-corrected chi connectivity index (χ0v) is 17.7. The maximum Gasteiger partial charge on any atom is 0.268 e. The Hall–Kier alpha value is -2.83. The molecule has 4 aromatic rings. The van der Waals surface area contributed by atoms with Gasteiger partial charge in [-0.25, -0.2) is 0 Å². The lowest BCUT2D eigenvalue weighted by molar-refractivity contribution is 0.0946. The van der Waals surface area contributed by atoms with E-state index in [1.807, 2.05) is 39.4 Å². The van der Waals surface area contributed by atoms with Gasteiger partial charge in [-0.05, 0) is 43.7 Å². The molecule has 0 radical (unpaired) electrons. The number of rotatable bonds is 4. The number of nitrogens with zero attached hydrogens (tertiary/aromatic N) is 3. The lowest BCUT2D eigenvalue weighted by atomic mass is 10.0. The Morgan fingerprint density at radius 2 is 1.97 bits per heavy atom. The second-order valence-corrected chi connectivity index (χ2v) is 7.85. The fraction of sp³-hybridized carbons (Fsp3) is 0.190. The Kier molecular flexibility index (Phi) is 5.06. The zero-order chi connectivity index (χ0) is 20.7. The van der Waals surface area contributed by atoms with Crippen LogP contribution in [0.25, 0.3) is 22.0 Å². The predicted octanol–water partition coefficient (Wildman–Crippen LogP) is 4.82. The van der Waals surface area contributed by atoms with Crippen molar-refractivity contribution in [1.82, 2.24) is 25.1 Å².